The maximum absolute atomic E-state index is 12.0. The van der Waals surface area contributed by atoms with Gasteiger partial charge in [0.05, 0.1) is 6.61 Å². The van der Waals surface area contributed by atoms with E-state index in [9.17, 15) is 4.79 Å². The van der Waals surface area contributed by atoms with E-state index in [1.54, 1.807) is 0 Å². The second kappa shape index (κ2) is 14.7. The predicted octanol–water partition coefficient (Wildman–Crippen LogP) is 7.52. The summed E-state index contributed by atoms with van der Waals surface area (Å²) in [6, 6.07) is 18.4. The van der Waals surface area contributed by atoms with Crippen molar-refractivity contribution in [2.75, 3.05) is 6.61 Å². The fraction of sp³-hybridized carbons (Fsp3) is 0.500. The Morgan fingerprint density at radius 1 is 0.724 bits per heavy atom. The van der Waals surface area contributed by atoms with Crippen molar-refractivity contribution in [3.05, 3.63) is 65.7 Å². The normalized spacial score (nSPS) is 10.7. The highest BCUT2D eigenvalue weighted by atomic mass is 16.7. The van der Waals surface area contributed by atoms with Gasteiger partial charge >= 0.3 is 6.16 Å². The first-order valence-corrected chi connectivity index (χ1v) is 11.3. The Kier molecular flexibility index (Phi) is 11.6. The van der Waals surface area contributed by atoms with Gasteiger partial charge in [-0.05, 0) is 49.3 Å². The highest BCUT2D eigenvalue weighted by Crippen LogP contribution is 2.21. The molecule has 29 heavy (non-hydrogen) atoms. The van der Waals surface area contributed by atoms with Crippen LogP contribution in [0.4, 0.5) is 4.79 Å². The molecule has 0 aromatic heterocycles. The first-order chi connectivity index (χ1) is 14.3. The summed E-state index contributed by atoms with van der Waals surface area (Å²) in [7, 11) is 0. The zero-order chi connectivity index (χ0) is 20.6. The van der Waals surface area contributed by atoms with Crippen molar-refractivity contribution in [2.24, 2.45) is 0 Å². The summed E-state index contributed by atoms with van der Waals surface area (Å²) in [6.45, 7) is 2.63. The lowest BCUT2D eigenvalue weighted by Gasteiger charge is -2.10. The number of unbranched alkanes of at least 4 members (excludes halogenated alkanes) is 7. The van der Waals surface area contributed by atoms with E-state index >= 15 is 0 Å². The smallest absolute Gasteiger partial charge is 0.434 e. The number of carbonyl (C=O) groups excluding carboxylic acids is 1. The predicted molar refractivity (Wildman–Crippen MR) is 119 cm³/mol. The van der Waals surface area contributed by atoms with Gasteiger partial charge in [-0.15, -0.1) is 0 Å². The van der Waals surface area contributed by atoms with E-state index in [2.05, 4.69) is 37.3 Å². The number of benzene rings is 2. The third-order valence-corrected chi connectivity index (χ3v) is 5.14. The van der Waals surface area contributed by atoms with Gasteiger partial charge in [0.15, 0.2) is 0 Å². The van der Waals surface area contributed by atoms with Crippen molar-refractivity contribution in [2.45, 2.75) is 77.6 Å². The third kappa shape index (κ3) is 10.2. The maximum Gasteiger partial charge on any atom is 0.513 e. The summed E-state index contributed by atoms with van der Waals surface area (Å²) in [4.78, 5) is 12.0. The largest absolute Gasteiger partial charge is 0.513 e. The number of hydrogen-bond donors (Lipinski definition) is 0. The summed E-state index contributed by atoms with van der Waals surface area (Å²) >= 11 is 0. The van der Waals surface area contributed by atoms with Crippen LogP contribution in [0.2, 0.25) is 0 Å². The molecule has 0 bridgehead atoms. The molecule has 0 N–H and O–H groups in total. The van der Waals surface area contributed by atoms with Crippen molar-refractivity contribution in [3.63, 3.8) is 0 Å². The summed E-state index contributed by atoms with van der Waals surface area (Å²) < 4.78 is 10.7. The van der Waals surface area contributed by atoms with E-state index in [-0.39, 0.29) is 0 Å². The SMILES string of the molecule is CCCCCCc1ccccc1OC(=O)OCCCCCCCc1ccccc1. The van der Waals surface area contributed by atoms with Crippen molar-refractivity contribution in [3.8, 4) is 5.75 Å². The molecule has 0 atom stereocenters. The molecule has 2 aromatic rings. The maximum atomic E-state index is 12.0. The second-order valence-corrected chi connectivity index (χ2v) is 7.62. The lowest BCUT2D eigenvalue weighted by molar-refractivity contribution is 0.0969. The van der Waals surface area contributed by atoms with Crippen LogP contribution < -0.4 is 4.74 Å². The molecule has 2 rings (SSSR count). The molecule has 0 amide bonds. The van der Waals surface area contributed by atoms with Crippen molar-refractivity contribution in [1.82, 2.24) is 0 Å². The van der Waals surface area contributed by atoms with Gasteiger partial charge in [0.25, 0.3) is 0 Å². The van der Waals surface area contributed by atoms with Crippen LogP contribution in [-0.4, -0.2) is 12.8 Å². The number of carbonyl (C=O) groups is 1. The quantitative estimate of drug-likeness (QED) is 0.188. The Morgan fingerprint density at radius 2 is 1.38 bits per heavy atom. The van der Waals surface area contributed by atoms with Crippen molar-refractivity contribution >= 4 is 6.16 Å². The average Bonchev–Trinajstić information content (AvgIpc) is 2.75. The summed E-state index contributed by atoms with van der Waals surface area (Å²) in [5, 5.41) is 0. The third-order valence-electron chi connectivity index (χ3n) is 5.14. The van der Waals surface area contributed by atoms with Gasteiger partial charge in [-0.2, -0.15) is 0 Å². The summed E-state index contributed by atoms with van der Waals surface area (Å²) in [5.41, 5.74) is 2.49. The Morgan fingerprint density at radius 3 is 2.21 bits per heavy atom. The van der Waals surface area contributed by atoms with Crippen LogP contribution >= 0.6 is 0 Å². The van der Waals surface area contributed by atoms with Crippen LogP contribution in [0.5, 0.6) is 5.75 Å². The highest BCUT2D eigenvalue weighted by Gasteiger charge is 2.10. The minimum absolute atomic E-state index is 0.427. The van der Waals surface area contributed by atoms with Crippen LogP contribution in [0.25, 0.3) is 0 Å². The fourth-order valence-corrected chi connectivity index (χ4v) is 3.43. The standard InChI is InChI=1S/C26H36O3/c1-2-3-4-12-19-24-20-13-14-21-25(24)29-26(27)28-22-15-7-5-6-9-16-23-17-10-8-11-18-23/h8,10-11,13-14,17-18,20-21H,2-7,9,12,15-16,19,22H2,1H3. The van der Waals surface area contributed by atoms with Gasteiger partial charge in [-0.25, -0.2) is 4.79 Å². The first kappa shape index (κ1) is 23.0. The van der Waals surface area contributed by atoms with Crippen LogP contribution in [0.1, 0.15) is 75.8 Å². The van der Waals surface area contributed by atoms with Crippen LogP contribution in [0, 0.1) is 0 Å². The van der Waals surface area contributed by atoms with E-state index in [1.807, 2.05) is 24.3 Å². The van der Waals surface area contributed by atoms with Gasteiger partial charge in [0, 0.05) is 0 Å². The molecular weight excluding hydrogens is 360 g/mol. The monoisotopic (exact) mass is 396 g/mol. The number of hydrogen-bond acceptors (Lipinski definition) is 3. The van der Waals surface area contributed by atoms with Crippen LogP contribution in [0.15, 0.2) is 54.6 Å². The molecule has 0 saturated heterocycles. The lowest BCUT2D eigenvalue weighted by Crippen LogP contribution is -2.12. The average molecular weight is 397 g/mol. The Hall–Kier alpha value is -2.29. The van der Waals surface area contributed by atoms with Gasteiger partial charge in [0.1, 0.15) is 5.75 Å². The minimum atomic E-state index is -0.588. The molecule has 0 aliphatic rings. The highest BCUT2D eigenvalue weighted by molar-refractivity contribution is 5.64. The molecule has 2 aromatic carbocycles. The summed E-state index contributed by atoms with van der Waals surface area (Å²) in [5.74, 6) is 0.634. The molecule has 3 nitrogen and oxygen atoms in total. The van der Waals surface area contributed by atoms with Crippen LogP contribution in [0.3, 0.4) is 0 Å². The Balaban J connectivity index is 1.54. The molecular formula is C26H36O3. The zero-order valence-corrected chi connectivity index (χ0v) is 17.9. The zero-order valence-electron chi connectivity index (χ0n) is 17.9. The Labute approximate surface area is 176 Å². The van der Waals surface area contributed by atoms with E-state index in [4.69, 9.17) is 9.47 Å². The molecule has 0 fully saturated rings. The van der Waals surface area contributed by atoms with Gasteiger partial charge in [-0.1, -0.05) is 94.0 Å². The molecule has 0 aliphatic heterocycles. The van der Waals surface area contributed by atoms with E-state index in [0.29, 0.717) is 12.4 Å². The molecule has 0 unspecified atom stereocenters. The Bertz CT molecular complexity index is 681. The number of para-hydroxylation sites is 1. The van der Waals surface area contributed by atoms with Gasteiger partial charge in [0.2, 0.25) is 0 Å². The number of rotatable bonds is 14. The number of aryl methyl sites for hydroxylation is 2. The first-order valence-electron chi connectivity index (χ1n) is 11.3. The van der Waals surface area contributed by atoms with E-state index in [0.717, 1.165) is 37.7 Å². The molecule has 158 valence electrons. The second-order valence-electron chi connectivity index (χ2n) is 7.62. The molecule has 3 heteroatoms. The van der Waals surface area contributed by atoms with E-state index in [1.165, 1.54) is 44.1 Å². The van der Waals surface area contributed by atoms with Crippen molar-refractivity contribution < 1.29 is 14.3 Å². The van der Waals surface area contributed by atoms with Crippen LogP contribution in [-0.2, 0) is 17.6 Å². The molecule has 0 radical (unpaired) electrons. The molecule has 0 heterocycles. The van der Waals surface area contributed by atoms with Gasteiger partial charge in [-0.3, -0.25) is 0 Å². The topological polar surface area (TPSA) is 35.5 Å². The van der Waals surface area contributed by atoms with E-state index < -0.39 is 6.16 Å². The van der Waals surface area contributed by atoms with Crippen molar-refractivity contribution in [1.29, 1.82) is 0 Å². The summed E-state index contributed by atoms with van der Waals surface area (Å²) in [6.07, 6.45) is 11.8. The molecule has 0 aliphatic carbocycles. The number of ether oxygens (including phenoxy) is 2. The molecule has 0 spiro atoms. The molecule has 0 saturated carbocycles. The fourth-order valence-electron chi connectivity index (χ4n) is 3.43. The minimum Gasteiger partial charge on any atom is -0.434 e. The lowest BCUT2D eigenvalue weighted by atomic mass is 10.1. The van der Waals surface area contributed by atoms with Gasteiger partial charge < -0.3 is 9.47 Å².